The van der Waals surface area contributed by atoms with Gasteiger partial charge in [-0.15, -0.1) is 0 Å². The van der Waals surface area contributed by atoms with Gasteiger partial charge in [-0.25, -0.2) is 4.98 Å². The maximum atomic E-state index is 13.2. The monoisotopic (exact) mass is 533 g/mol. The number of carbonyl (C=O) groups is 2. The highest BCUT2D eigenvalue weighted by molar-refractivity contribution is 6.05. The summed E-state index contributed by atoms with van der Waals surface area (Å²) in [6.07, 6.45) is 2.12. The van der Waals surface area contributed by atoms with E-state index in [1.165, 1.54) is 13.2 Å². The van der Waals surface area contributed by atoms with Gasteiger partial charge in [-0.3, -0.25) is 14.4 Å². The molecule has 206 valence electrons. The lowest BCUT2D eigenvalue weighted by Crippen LogP contribution is -2.48. The van der Waals surface area contributed by atoms with Crippen LogP contribution in [0.15, 0.2) is 41.3 Å². The molecule has 0 bridgehead atoms. The zero-order valence-electron chi connectivity index (χ0n) is 22.7. The molecular weight excluding hydrogens is 498 g/mol. The third-order valence-electron chi connectivity index (χ3n) is 7.50. The van der Waals surface area contributed by atoms with Gasteiger partial charge in [0.1, 0.15) is 17.3 Å². The Balaban J connectivity index is 1.34. The predicted octanol–water partition coefficient (Wildman–Crippen LogP) is 1.99. The van der Waals surface area contributed by atoms with Crippen LogP contribution in [-0.4, -0.2) is 98.1 Å². The number of hydrogen-bond donors (Lipinski definition) is 2. The van der Waals surface area contributed by atoms with Crippen LogP contribution in [0.1, 0.15) is 23.8 Å². The van der Waals surface area contributed by atoms with E-state index < -0.39 is 5.91 Å². The van der Waals surface area contributed by atoms with E-state index in [-0.39, 0.29) is 17.0 Å². The molecule has 0 radical (unpaired) electrons. The Morgan fingerprint density at radius 1 is 1.00 bits per heavy atom. The average molecular weight is 534 g/mol. The van der Waals surface area contributed by atoms with Gasteiger partial charge in [0.2, 0.25) is 5.91 Å². The maximum absolute atomic E-state index is 13.2. The summed E-state index contributed by atoms with van der Waals surface area (Å²) in [5.74, 6) is 0.999. The fourth-order valence-electron chi connectivity index (χ4n) is 5.18. The van der Waals surface area contributed by atoms with Crippen LogP contribution in [0.5, 0.6) is 5.75 Å². The summed E-state index contributed by atoms with van der Waals surface area (Å²) >= 11 is 0. The molecule has 11 nitrogen and oxygen atoms in total. The second-order valence-electron chi connectivity index (χ2n) is 9.96. The van der Waals surface area contributed by atoms with E-state index in [4.69, 9.17) is 4.74 Å². The minimum atomic E-state index is -0.428. The van der Waals surface area contributed by atoms with Crippen molar-refractivity contribution in [3.05, 3.63) is 52.4 Å². The summed E-state index contributed by atoms with van der Waals surface area (Å²) in [5, 5.41) is 3.28. The number of aromatic nitrogens is 2. The molecule has 4 heterocycles. The van der Waals surface area contributed by atoms with Crippen molar-refractivity contribution < 1.29 is 14.3 Å². The lowest BCUT2D eigenvalue weighted by atomic mass is 10.1. The van der Waals surface area contributed by atoms with Crippen molar-refractivity contribution in [1.82, 2.24) is 19.8 Å². The van der Waals surface area contributed by atoms with Gasteiger partial charge in [-0.1, -0.05) is 6.92 Å². The topological polar surface area (TPSA) is 114 Å². The van der Waals surface area contributed by atoms with Gasteiger partial charge in [0.05, 0.1) is 35.6 Å². The summed E-state index contributed by atoms with van der Waals surface area (Å²) in [7, 11) is 3.62. The molecule has 5 rings (SSSR count). The molecule has 39 heavy (non-hydrogen) atoms. The third-order valence-corrected chi connectivity index (χ3v) is 7.50. The van der Waals surface area contributed by atoms with Crippen LogP contribution in [0, 0.1) is 0 Å². The minimum absolute atomic E-state index is 0.164. The molecule has 3 aromatic rings. The Bertz CT molecular complexity index is 1410. The van der Waals surface area contributed by atoms with Crippen LogP contribution in [0.25, 0.3) is 10.9 Å². The minimum Gasteiger partial charge on any atom is -0.496 e. The molecule has 2 aliphatic rings. The standard InChI is InChI=1S/C28H35N7O4/c1-4-25(37)35-15-13-34(14-16-35)24-8-5-19(18-29-24)30-28(38)20-17-22(36)26-23(39-3)7-6-21(27(26)31-20)33-11-9-32(2)10-12-33/h5-8,17-18H,4,9-16H2,1-3H3,(H,30,38)(H,31,36). The number of rotatable bonds is 6. The predicted molar refractivity (Wildman–Crippen MR) is 152 cm³/mol. The third kappa shape index (κ3) is 5.53. The molecule has 0 spiro atoms. The Hall–Kier alpha value is -4.12. The van der Waals surface area contributed by atoms with Crippen LogP contribution in [0.4, 0.5) is 17.2 Å². The number of pyridine rings is 2. The molecule has 0 saturated carbocycles. The first-order valence-electron chi connectivity index (χ1n) is 13.4. The number of carbonyl (C=O) groups excluding carboxylic acids is 2. The highest BCUT2D eigenvalue weighted by Gasteiger charge is 2.22. The van der Waals surface area contributed by atoms with E-state index in [0.29, 0.717) is 54.9 Å². The summed E-state index contributed by atoms with van der Waals surface area (Å²) < 4.78 is 5.47. The Kier molecular flexibility index (Phi) is 7.69. The molecule has 0 atom stereocenters. The molecule has 1 aromatic carbocycles. The number of methoxy groups -OCH3 is 1. The summed E-state index contributed by atoms with van der Waals surface area (Å²) in [6, 6.07) is 8.70. The second kappa shape index (κ2) is 11.3. The number of H-pyrrole nitrogens is 1. The molecule has 2 fully saturated rings. The Morgan fingerprint density at radius 3 is 2.36 bits per heavy atom. The van der Waals surface area contributed by atoms with E-state index in [1.54, 1.807) is 18.3 Å². The lowest BCUT2D eigenvalue weighted by Gasteiger charge is -2.35. The van der Waals surface area contributed by atoms with Crippen molar-refractivity contribution in [2.45, 2.75) is 13.3 Å². The van der Waals surface area contributed by atoms with Gasteiger partial charge >= 0.3 is 0 Å². The fraction of sp³-hybridized carbons (Fsp3) is 0.429. The van der Waals surface area contributed by atoms with E-state index in [1.807, 2.05) is 24.0 Å². The van der Waals surface area contributed by atoms with Crippen LogP contribution in [-0.2, 0) is 4.79 Å². The number of amides is 2. The smallest absolute Gasteiger partial charge is 0.272 e. The first-order chi connectivity index (χ1) is 18.9. The molecule has 2 aliphatic heterocycles. The quantitative estimate of drug-likeness (QED) is 0.495. The van der Waals surface area contributed by atoms with E-state index in [2.05, 4.69) is 37.0 Å². The Morgan fingerprint density at radius 2 is 1.72 bits per heavy atom. The number of nitrogens with one attached hydrogen (secondary N) is 2. The highest BCUT2D eigenvalue weighted by Crippen LogP contribution is 2.31. The van der Waals surface area contributed by atoms with Crippen LogP contribution < -0.4 is 25.3 Å². The molecule has 2 aromatic heterocycles. The summed E-state index contributed by atoms with van der Waals surface area (Å²) in [4.78, 5) is 54.5. The van der Waals surface area contributed by atoms with E-state index in [9.17, 15) is 14.4 Å². The number of hydrogen-bond acceptors (Lipinski definition) is 8. The van der Waals surface area contributed by atoms with Crippen LogP contribution in [0.3, 0.4) is 0 Å². The van der Waals surface area contributed by atoms with Crippen LogP contribution in [0.2, 0.25) is 0 Å². The number of nitrogens with zero attached hydrogens (tertiary/aromatic N) is 5. The number of likely N-dealkylation sites (N-methyl/N-ethyl adjacent to an activating group) is 1. The van der Waals surface area contributed by atoms with E-state index in [0.717, 1.165) is 37.7 Å². The molecule has 0 aliphatic carbocycles. The first kappa shape index (κ1) is 26.5. The van der Waals surface area contributed by atoms with Crippen molar-refractivity contribution in [2.75, 3.05) is 81.6 Å². The fourth-order valence-corrected chi connectivity index (χ4v) is 5.18. The molecule has 0 unspecified atom stereocenters. The summed E-state index contributed by atoms with van der Waals surface area (Å²) in [5.41, 5.74) is 1.87. The maximum Gasteiger partial charge on any atom is 0.272 e. The lowest BCUT2D eigenvalue weighted by molar-refractivity contribution is -0.131. The highest BCUT2D eigenvalue weighted by atomic mass is 16.5. The Labute approximate surface area is 227 Å². The number of piperazine rings is 2. The number of fused-ring (bicyclic) bond motifs is 1. The molecule has 2 amide bonds. The first-order valence-corrected chi connectivity index (χ1v) is 13.4. The van der Waals surface area contributed by atoms with Gasteiger partial charge in [0.25, 0.3) is 5.91 Å². The van der Waals surface area contributed by atoms with Gasteiger partial charge in [-0.2, -0.15) is 0 Å². The van der Waals surface area contributed by atoms with Crippen LogP contribution >= 0.6 is 0 Å². The largest absolute Gasteiger partial charge is 0.496 e. The summed E-state index contributed by atoms with van der Waals surface area (Å²) in [6.45, 7) is 8.09. The number of aromatic amines is 1. The molecule has 2 saturated heterocycles. The van der Waals surface area contributed by atoms with Crippen molar-refractivity contribution in [3.8, 4) is 5.75 Å². The van der Waals surface area contributed by atoms with Gasteiger partial charge in [0, 0.05) is 64.8 Å². The van der Waals surface area contributed by atoms with Crippen molar-refractivity contribution in [1.29, 1.82) is 0 Å². The average Bonchev–Trinajstić information content (AvgIpc) is 2.97. The van der Waals surface area contributed by atoms with Gasteiger partial charge in [-0.05, 0) is 31.3 Å². The van der Waals surface area contributed by atoms with E-state index >= 15 is 0 Å². The van der Waals surface area contributed by atoms with Crippen molar-refractivity contribution in [3.63, 3.8) is 0 Å². The van der Waals surface area contributed by atoms with Gasteiger partial charge in [0.15, 0.2) is 5.43 Å². The number of ether oxygens (including phenoxy) is 1. The van der Waals surface area contributed by atoms with Gasteiger partial charge < -0.3 is 34.6 Å². The number of benzene rings is 1. The van der Waals surface area contributed by atoms with Crippen molar-refractivity contribution in [2.24, 2.45) is 0 Å². The molecule has 11 heteroatoms. The zero-order chi connectivity index (χ0) is 27.5. The SMILES string of the molecule is CCC(=O)N1CCN(c2ccc(NC(=O)c3cc(=O)c4c(OC)ccc(N5CCN(C)CC5)c4[nH]3)cn2)CC1. The molecule has 2 N–H and O–H groups in total. The normalized spacial score (nSPS) is 16.4. The second-order valence-corrected chi connectivity index (χ2v) is 9.96. The van der Waals surface area contributed by atoms with Crippen molar-refractivity contribution >= 4 is 39.9 Å². The zero-order valence-corrected chi connectivity index (χ0v) is 22.7. The molecular formula is C28H35N7O4. The number of anilines is 3.